The van der Waals surface area contributed by atoms with Crippen molar-refractivity contribution in [3.63, 3.8) is 0 Å². The average Bonchev–Trinajstić information content (AvgIpc) is 2.93. The van der Waals surface area contributed by atoms with Gasteiger partial charge >= 0.3 is 0 Å². The standard InChI is InChI=1S/C14H26N4O2/c1-13(11-17-4-7-20-8-5-17)18-12-16-10-14(18)9-15-3-6-19-2/h10,12-13,15H,3-9,11H2,1-2H3. The predicted molar refractivity (Wildman–Crippen MR) is 77.8 cm³/mol. The van der Waals surface area contributed by atoms with Crippen molar-refractivity contribution in [1.29, 1.82) is 0 Å². The lowest BCUT2D eigenvalue weighted by atomic mass is 10.2. The number of rotatable bonds is 8. The summed E-state index contributed by atoms with van der Waals surface area (Å²) in [5, 5.41) is 3.37. The Labute approximate surface area is 121 Å². The largest absolute Gasteiger partial charge is 0.383 e. The topological polar surface area (TPSA) is 51.5 Å². The lowest BCUT2D eigenvalue weighted by Crippen LogP contribution is -2.39. The molecule has 1 saturated heterocycles. The number of nitrogens with one attached hydrogen (secondary N) is 1. The van der Waals surface area contributed by atoms with Crippen molar-refractivity contribution in [1.82, 2.24) is 19.8 Å². The second kappa shape index (κ2) is 8.36. The van der Waals surface area contributed by atoms with Crippen molar-refractivity contribution in [2.24, 2.45) is 0 Å². The van der Waals surface area contributed by atoms with Crippen LogP contribution in [0.4, 0.5) is 0 Å². The van der Waals surface area contributed by atoms with E-state index < -0.39 is 0 Å². The van der Waals surface area contributed by atoms with E-state index in [1.54, 1.807) is 7.11 Å². The van der Waals surface area contributed by atoms with Gasteiger partial charge in [0.15, 0.2) is 0 Å². The fourth-order valence-corrected chi connectivity index (χ4v) is 2.50. The quantitative estimate of drug-likeness (QED) is 0.704. The summed E-state index contributed by atoms with van der Waals surface area (Å²) < 4.78 is 12.7. The van der Waals surface area contributed by atoms with E-state index in [2.05, 4.69) is 26.7 Å². The van der Waals surface area contributed by atoms with Gasteiger partial charge in [0.05, 0.1) is 31.8 Å². The summed E-state index contributed by atoms with van der Waals surface area (Å²) >= 11 is 0. The number of nitrogens with zero attached hydrogens (tertiary/aromatic N) is 3. The number of hydrogen-bond donors (Lipinski definition) is 1. The van der Waals surface area contributed by atoms with Crippen molar-refractivity contribution < 1.29 is 9.47 Å². The predicted octanol–water partition coefficient (Wildman–Crippen LogP) is 0.512. The lowest BCUT2D eigenvalue weighted by Gasteiger charge is -2.30. The Balaban J connectivity index is 1.82. The number of imidazole rings is 1. The first-order valence-corrected chi connectivity index (χ1v) is 7.31. The first-order chi connectivity index (χ1) is 9.81. The third-order valence-electron chi connectivity index (χ3n) is 3.64. The van der Waals surface area contributed by atoms with E-state index in [0.717, 1.165) is 52.5 Å². The van der Waals surface area contributed by atoms with Crippen LogP contribution in [0.15, 0.2) is 12.5 Å². The van der Waals surface area contributed by atoms with Crippen LogP contribution in [0.3, 0.4) is 0 Å². The van der Waals surface area contributed by atoms with Gasteiger partial charge in [0, 0.05) is 52.1 Å². The van der Waals surface area contributed by atoms with Gasteiger partial charge in [0.2, 0.25) is 0 Å². The molecule has 1 N–H and O–H groups in total. The molecular weight excluding hydrogens is 256 g/mol. The summed E-state index contributed by atoms with van der Waals surface area (Å²) in [5.74, 6) is 0. The molecule has 0 bridgehead atoms. The van der Waals surface area contributed by atoms with Crippen LogP contribution >= 0.6 is 0 Å². The second-order valence-corrected chi connectivity index (χ2v) is 5.22. The smallest absolute Gasteiger partial charge is 0.0951 e. The van der Waals surface area contributed by atoms with Crippen LogP contribution in [0.5, 0.6) is 0 Å². The van der Waals surface area contributed by atoms with Crippen molar-refractivity contribution in [2.75, 3.05) is 53.1 Å². The van der Waals surface area contributed by atoms with Crippen LogP contribution in [0, 0.1) is 0 Å². The summed E-state index contributed by atoms with van der Waals surface area (Å²) in [6.45, 7) is 9.47. The minimum absolute atomic E-state index is 0.426. The summed E-state index contributed by atoms with van der Waals surface area (Å²) in [6.07, 6.45) is 3.87. The Bertz CT molecular complexity index is 377. The van der Waals surface area contributed by atoms with Crippen LogP contribution in [-0.2, 0) is 16.0 Å². The van der Waals surface area contributed by atoms with Gasteiger partial charge in [-0.2, -0.15) is 0 Å². The zero-order chi connectivity index (χ0) is 14.2. The Morgan fingerprint density at radius 1 is 1.45 bits per heavy atom. The van der Waals surface area contributed by atoms with Gasteiger partial charge in [0.25, 0.3) is 0 Å². The molecule has 0 spiro atoms. The van der Waals surface area contributed by atoms with Gasteiger partial charge in [-0.15, -0.1) is 0 Å². The monoisotopic (exact) mass is 282 g/mol. The van der Waals surface area contributed by atoms with Crippen molar-refractivity contribution in [2.45, 2.75) is 19.5 Å². The van der Waals surface area contributed by atoms with E-state index in [1.165, 1.54) is 5.69 Å². The van der Waals surface area contributed by atoms with Gasteiger partial charge in [0.1, 0.15) is 0 Å². The molecule has 0 radical (unpaired) electrons. The molecule has 1 fully saturated rings. The van der Waals surface area contributed by atoms with E-state index in [0.29, 0.717) is 6.04 Å². The first-order valence-electron chi connectivity index (χ1n) is 7.31. The van der Waals surface area contributed by atoms with Gasteiger partial charge in [-0.3, -0.25) is 4.90 Å². The molecule has 6 nitrogen and oxygen atoms in total. The van der Waals surface area contributed by atoms with E-state index in [-0.39, 0.29) is 0 Å². The molecule has 1 aliphatic heterocycles. The van der Waals surface area contributed by atoms with Crippen LogP contribution in [0.25, 0.3) is 0 Å². The lowest BCUT2D eigenvalue weighted by molar-refractivity contribution is 0.0324. The molecule has 0 amide bonds. The van der Waals surface area contributed by atoms with Crippen molar-refractivity contribution >= 4 is 0 Å². The van der Waals surface area contributed by atoms with Gasteiger partial charge in [-0.25, -0.2) is 4.98 Å². The molecule has 2 rings (SSSR count). The molecule has 6 heteroatoms. The van der Waals surface area contributed by atoms with Gasteiger partial charge in [-0.05, 0) is 6.92 Å². The van der Waals surface area contributed by atoms with Crippen LogP contribution in [-0.4, -0.2) is 67.6 Å². The highest BCUT2D eigenvalue weighted by molar-refractivity contribution is 5.00. The Hall–Kier alpha value is -0.950. The molecule has 1 aromatic heterocycles. The Kier molecular flexibility index (Phi) is 6.46. The molecule has 1 aliphatic rings. The number of aromatic nitrogens is 2. The fourth-order valence-electron chi connectivity index (χ4n) is 2.50. The van der Waals surface area contributed by atoms with Gasteiger partial charge in [-0.1, -0.05) is 0 Å². The molecule has 0 aliphatic carbocycles. The number of methoxy groups -OCH3 is 1. The van der Waals surface area contributed by atoms with Crippen LogP contribution < -0.4 is 5.32 Å². The third-order valence-corrected chi connectivity index (χ3v) is 3.64. The Morgan fingerprint density at radius 2 is 2.25 bits per heavy atom. The maximum atomic E-state index is 5.39. The minimum Gasteiger partial charge on any atom is -0.383 e. The molecule has 1 unspecified atom stereocenters. The van der Waals surface area contributed by atoms with Gasteiger partial charge < -0.3 is 19.4 Å². The SMILES string of the molecule is COCCNCc1cncn1C(C)CN1CCOCC1. The summed E-state index contributed by atoms with van der Waals surface area (Å²) in [7, 11) is 1.72. The number of hydrogen-bond acceptors (Lipinski definition) is 5. The number of ether oxygens (including phenoxy) is 2. The highest BCUT2D eigenvalue weighted by Gasteiger charge is 2.16. The van der Waals surface area contributed by atoms with Crippen LogP contribution in [0.2, 0.25) is 0 Å². The van der Waals surface area contributed by atoms with E-state index in [4.69, 9.17) is 9.47 Å². The van der Waals surface area contributed by atoms with E-state index >= 15 is 0 Å². The highest BCUT2D eigenvalue weighted by Crippen LogP contribution is 2.12. The first kappa shape index (κ1) is 15.4. The van der Waals surface area contributed by atoms with E-state index in [1.807, 2.05) is 12.5 Å². The molecule has 1 aromatic rings. The van der Waals surface area contributed by atoms with Crippen molar-refractivity contribution in [3.05, 3.63) is 18.2 Å². The maximum absolute atomic E-state index is 5.39. The average molecular weight is 282 g/mol. The highest BCUT2D eigenvalue weighted by atomic mass is 16.5. The van der Waals surface area contributed by atoms with E-state index in [9.17, 15) is 0 Å². The summed E-state index contributed by atoms with van der Waals surface area (Å²) in [6, 6.07) is 0.426. The maximum Gasteiger partial charge on any atom is 0.0951 e. The molecule has 0 aromatic carbocycles. The molecule has 114 valence electrons. The van der Waals surface area contributed by atoms with Crippen LogP contribution in [0.1, 0.15) is 18.7 Å². The molecular formula is C14H26N4O2. The third kappa shape index (κ3) is 4.56. The normalized spacial score (nSPS) is 18.3. The fraction of sp³-hybridized carbons (Fsp3) is 0.786. The molecule has 1 atom stereocenters. The van der Waals surface area contributed by atoms with Crippen molar-refractivity contribution in [3.8, 4) is 0 Å². The summed E-state index contributed by atoms with van der Waals surface area (Å²) in [4.78, 5) is 6.74. The molecule has 2 heterocycles. The zero-order valence-corrected chi connectivity index (χ0v) is 12.5. The minimum atomic E-state index is 0.426. The summed E-state index contributed by atoms with van der Waals surface area (Å²) in [5.41, 5.74) is 1.22. The molecule has 20 heavy (non-hydrogen) atoms. The number of morpholine rings is 1. The zero-order valence-electron chi connectivity index (χ0n) is 12.5. The molecule has 0 saturated carbocycles. The second-order valence-electron chi connectivity index (χ2n) is 5.22. The Morgan fingerprint density at radius 3 is 3.00 bits per heavy atom.